The molecule has 0 bridgehead atoms. The van der Waals surface area contributed by atoms with Gasteiger partial charge in [-0.1, -0.05) is 11.3 Å². The normalized spacial score (nSPS) is 13.3. The fourth-order valence-corrected chi connectivity index (χ4v) is 3.00. The lowest BCUT2D eigenvalue weighted by atomic mass is 10.2. The highest BCUT2D eigenvalue weighted by molar-refractivity contribution is 5.95. The molecule has 1 amide bonds. The average molecular weight is 396 g/mol. The van der Waals surface area contributed by atoms with Crippen LogP contribution in [0.3, 0.4) is 0 Å². The number of rotatable bonds is 6. The number of aromatic nitrogens is 3. The van der Waals surface area contributed by atoms with Gasteiger partial charge in [-0.05, 0) is 49.7 Å². The van der Waals surface area contributed by atoms with E-state index in [0.29, 0.717) is 29.1 Å². The van der Waals surface area contributed by atoms with E-state index in [4.69, 9.17) is 14.2 Å². The van der Waals surface area contributed by atoms with Crippen LogP contribution in [0.2, 0.25) is 0 Å². The van der Waals surface area contributed by atoms with Crippen LogP contribution in [0.25, 0.3) is 11.0 Å². The highest BCUT2D eigenvalue weighted by Crippen LogP contribution is 2.32. The number of aryl methyl sites for hydroxylation is 1. The summed E-state index contributed by atoms with van der Waals surface area (Å²) in [6.45, 7) is 4.64. The summed E-state index contributed by atoms with van der Waals surface area (Å²) in [4.78, 5) is 24.7. The summed E-state index contributed by atoms with van der Waals surface area (Å²) in [5, 5.41) is 10.8. The largest absolute Gasteiger partial charge is 0.454 e. The van der Waals surface area contributed by atoms with Crippen LogP contribution in [-0.2, 0) is 22.6 Å². The number of benzene rings is 2. The lowest BCUT2D eigenvalue weighted by molar-refractivity contribution is -0.129. The quantitative estimate of drug-likeness (QED) is 0.636. The molecule has 3 aromatic rings. The summed E-state index contributed by atoms with van der Waals surface area (Å²) in [7, 11) is 0. The number of nitrogens with zero attached hydrogens (tertiary/aromatic N) is 3. The summed E-state index contributed by atoms with van der Waals surface area (Å²) in [5.41, 5.74) is 2.60. The molecule has 1 atom stereocenters. The number of esters is 1. The number of nitrogens with one attached hydrogen (secondary N) is 1. The van der Waals surface area contributed by atoms with Crippen LogP contribution >= 0.6 is 0 Å². The molecule has 0 saturated carbocycles. The Kier molecular flexibility index (Phi) is 5.03. The SMILES string of the molecule is CCn1nnc2cc(C(=O)O[C@@H](C)C(=O)NCc3ccc4c(c3)OCO4)ccc21. The summed E-state index contributed by atoms with van der Waals surface area (Å²) in [5.74, 6) is 0.336. The molecule has 1 aliphatic heterocycles. The zero-order chi connectivity index (χ0) is 20.4. The van der Waals surface area contributed by atoms with Crippen LogP contribution in [0, 0.1) is 0 Å². The first kappa shape index (κ1) is 18.7. The molecule has 1 aliphatic rings. The first-order valence-electron chi connectivity index (χ1n) is 9.25. The molecule has 29 heavy (non-hydrogen) atoms. The Morgan fingerprint density at radius 3 is 2.86 bits per heavy atom. The maximum absolute atomic E-state index is 12.4. The van der Waals surface area contributed by atoms with Crippen molar-refractivity contribution >= 4 is 22.9 Å². The highest BCUT2D eigenvalue weighted by Gasteiger charge is 2.20. The second-order valence-electron chi connectivity index (χ2n) is 6.56. The Morgan fingerprint density at radius 1 is 1.21 bits per heavy atom. The second kappa shape index (κ2) is 7.78. The second-order valence-corrected chi connectivity index (χ2v) is 6.56. The van der Waals surface area contributed by atoms with E-state index in [1.807, 2.05) is 13.0 Å². The Morgan fingerprint density at radius 2 is 2.03 bits per heavy atom. The lowest BCUT2D eigenvalue weighted by Gasteiger charge is -2.14. The van der Waals surface area contributed by atoms with Crippen LogP contribution in [-0.4, -0.2) is 39.8 Å². The van der Waals surface area contributed by atoms with Gasteiger partial charge < -0.3 is 19.5 Å². The first-order chi connectivity index (χ1) is 14.0. The Balaban J connectivity index is 1.35. The summed E-state index contributed by atoms with van der Waals surface area (Å²) in [6, 6.07) is 10.4. The van der Waals surface area contributed by atoms with Crippen molar-refractivity contribution in [3.8, 4) is 11.5 Å². The third-order valence-corrected chi connectivity index (χ3v) is 4.61. The minimum atomic E-state index is -0.946. The van der Waals surface area contributed by atoms with Crippen LogP contribution in [0.1, 0.15) is 29.8 Å². The Bertz CT molecular complexity index is 1080. The molecule has 150 valence electrons. The standard InChI is InChI=1S/C20H20N4O5/c1-3-24-16-6-5-14(9-15(16)22-23-24)20(26)29-12(2)19(25)21-10-13-4-7-17-18(8-13)28-11-27-17/h4-9,12H,3,10-11H2,1-2H3,(H,21,25)/t12-/m0/s1. The van der Waals surface area contributed by atoms with E-state index in [1.165, 1.54) is 6.92 Å². The van der Waals surface area contributed by atoms with Gasteiger partial charge in [-0.2, -0.15) is 0 Å². The van der Waals surface area contributed by atoms with Crippen LogP contribution in [0.4, 0.5) is 0 Å². The molecular weight excluding hydrogens is 376 g/mol. The topological polar surface area (TPSA) is 105 Å². The Labute approximate surface area is 166 Å². The lowest BCUT2D eigenvalue weighted by Crippen LogP contribution is -2.35. The fraction of sp³-hybridized carbons (Fsp3) is 0.300. The van der Waals surface area contributed by atoms with Gasteiger partial charge in [0.2, 0.25) is 6.79 Å². The molecule has 1 N–H and O–H groups in total. The van der Waals surface area contributed by atoms with Crippen LogP contribution in [0.15, 0.2) is 36.4 Å². The van der Waals surface area contributed by atoms with E-state index in [1.54, 1.807) is 35.0 Å². The van der Waals surface area contributed by atoms with Crippen LogP contribution < -0.4 is 14.8 Å². The van der Waals surface area contributed by atoms with Crippen molar-refractivity contribution < 1.29 is 23.8 Å². The molecular formula is C20H20N4O5. The van der Waals surface area contributed by atoms with E-state index in [-0.39, 0.29) is 13.3 Å². The maximum atomic E-state index is 12.4. The molecule has 1 aromatic heterocycles. The number of carbonyl (C=O) groups is 2. The number of ether oxygens (including phenoxy) is 3. The smallest absolute Gasteiger partial charge is 0.338 e. The molecule has 9 nitrogen and oxygen atoms in total. The summed E-state index contributed by atoms with van der Waals surface area (Å²) < 4.78 is 17.6. The van der Waals surface area contributed by atoms with E-state index in [2.05, 4.69) is 15.6 Å². The van der Waals surface area contributed by atoms with E-state index >= 15 is 0 Å². The van der Waals surface area contributed by atoms with Gasteiger partial charge in [0.15, 0.2) is 17.6 Å². The molecule has 4 rings (SSSR count). The molecule has 0 aliphatic carbocycles. The molecule has 2 aromatic carbocycles. The monoisotopic (exact) mass is 396 g/mol. The third kappa shape index (κ3) is 3.84. The molecule has 0 spiro atoms. The van der Waals surface area contributed by atoms with Gasteiger partial charge in [-0.25, -0.2) is 9.48 Å². The predicted octanol–water partition coefficient (Wildman–Crippen LogP) is 2.04. The zero-order valence-electron chi connectivity index (χ0n) is 16.0. The van der Waals surface area contributed by atoms with E-state index in [0.717, 1.165) is 11.1 Å². The summed E-state index contributed by atoms with van der Waals surface area (Å²) >= 11 is 0. The number of hydrogen-bond acceptors (Lipinski definition) is 7. The van der Waals surface area contributed by atoms with Gasteiger partial charge >= 0.3 is 5.97 Å². The number of carbonyl (C=O) groups excluding carboxylic acids is 2. The van der Waals surface area contributed by atoms with Crippen LogP contribution in [0.5, 0.6) is 11.5 Å². The maximum Gasteiger partial charge on any atom is 0.338 e. The molecule has 0 radical (unpaired) electrons. The number of hydrogen-bond donors (Lipinski definition) is 1. The third-order valence-electron chi connectivity index (χ3n) is 4.61. The van der Waals surface area contributed by atoms with Crippen molar-refractivity contribution in [3.05, 3.63) is 47.5 Å². The van der Waals surface area contributed by atoms with Gasteiger partial charge in [0, 0.05) is 13.1 Å². The van der Waals surface area contributed by atoms with Crippen molar-refractivity contribution in [2.45, 2.75) is 33.0 Å². The van der Waals surface area contributed by atoms with Crippen molar-refractivity contribution in [2.75, 3.05) is 6.79 Å². The van der Waals surface area contributed by atoms with Gasteiger partial charge in [-0.3, -0.25) is 4.79 Å². The Hall–Kier alpha value is -3.62. The van der Waals surface area contributed by atoms with Gasteiger partial charge in [0.05, 0.1) is 11.1 Å². The van der Waals surface area contributed by atoms with E-state index in [9.17, 15) is 9.59 Å². The van der Waals surface area contributed by atoms with E-state index < -0.39 is 18.0 Å². The molecule has 9 heteroatoms. The molecule has 0 fully saturated rings. The molecule has 0 saturated heterocycles. The highest BCUT2D eigenvalue weighted by atomic mass is 16.7. The summed E-state index contributed by atoms with van der Waals surface area (Å²) in [6.07, 6.45) is -0.946. The van der Waals surface area contributed by atoms with Crippen molar-refractivity contribution in [1.82, 2.24) is 20.3 Å². The number of fused-ring (bicyclic) bond motifs is 2. The minimum Gasteiger partial charge on any atom is -0.454 e. The zero-order valence-corrected chi connectivity index (χ0v) is 16.0. The van der Waals surface area contributed by atoms with Gasteiger partial charge in [0.25, 0.3) is 5.91 Å². The molecule has 0 unspecified atom stereocenters. The van der Waals surface area contributed by atoms with Crippen molar-refractivity contribution in [3.63, 3.8) is 0 Å². The van der Waals surface area contributed by atoms with Gasteiger partial charge in [0.1, 0.15) is 5.52 Å². The minimum absolute atomic E-state index is 0.193. The average Bonchev–Trinajstić information content (AvgIpc) is 3.37. The fourth-order valence-electron chi connectivity index (χ4n) is 3.00. The van der Waals surface area contributed by atoms with Crippen molar-refractivity contribution in [1.29, 1.82) is 0 Å². The van der Waals surface area contributed by atoms with Gasteiger partial charge in [-0.15, -0.1) is 5.10 Å². The first-order valence-corrected chi connectivity index (χ1v) is 9.25. The van der Waals surface area contributed by atoms with Crippen molar-refractivity contribution in [2.24, 2.45) is 0 Å². The number of amides is 1. The molecule has 2 heterocycles. The predicted molar refractivity (Wildman–Crippen MR) is 102 cm³/mol.